The molecule has 0 saturated carbocycles. The van der Waals surface area contributed by atoms with Gasteiger partial charge in [0, 0.05) is 36.4 Å². The van der Waals surface area contributed by atoms with E-state index in [2.05, 4.69) is 41.6 Å². The normalized spacial score (nSPS) is 11.4. The van der Waals surface area contributed by atoms with E-state index in [1.54, 1.807) is 49.1 Å². The summed E-state index contributed by atoms with van der Waals surface area (Å²) in [6.45, 7) is 1.93. The first-order chi connectivity index (χ1) is 15.1. The third-order valence-electron chi connectivity index (χ3n) is 4.42. The fraction of sp³-hybridized carbons (Fsp3) is 0.0909. The van der Waals surface area contributed by atoms with Crippen LogP contribution in [0.25, 0.3) is 11.3 Å². The van der Waals surface area contributed by atoms with Crippen LogP contribution in [0.4, 0.5) is 22.0 Å². The highest BCUT2D eigenvalue weighted by atomic mass is 19.1. The second-order valence-corrected chi connectivity index (χ2v) is 6.67. The molecular formula is C22H17FN8. The Morgan fingerprint density at radius 2 is 1.81 bits per heavy atom. The Hall–Kier alpha value is -4.45. The average Bonchev–Trinajstić information content (AvgIpc) is 2.80. The van der Waals surface area contributed by atoms with Crippen LogP contribution in [0.5, 0.6) is 0 Å². The lowest BCUT2D eigenvalue weighted by Gasteiger charge is -2.16. The zero-order valence-electron chi connectivity index (χ0n) is 16.5. The zero-order chi connectivity index (χ0) is 21.6. The van der Waals surface area contributed by atoms with Crippen molar-refractivity contribution < 1.29 is 4.39 Å². The van der Waals surface area contributed by atoms with E-state index in [1.165, 1.54) is 18.3 Å². The number of nitriles is 1. The minimum Gasteiger partial charge on any atom is -0.348 e. The Morgan fingerprint density at radius 3 is 2.55 bits per heavy atom. The molecule has 0 aliphatic carbocycles. The van der Waals surface area contributed by atoms with Crippen LogP contribution >= 0.6 is 0 Å². The second-order valence-electron chi connectivity index (χ2n) is 6.67. The molecule has 0 bridgehead atoms. The second kappa shape index (κ2) is 8.92. The number of aromatic nitrogens is 5. The van der Waals surface area contributed by atoms with Gasteiger partial charge >= 0.3 is 0 Å². The molecule has 152 valence electrons. The zero-order valence-corrected chi connectivity index (χ0v) is 16.5. The van der Waals surface area contributed by atoms with Gasteiger partial charge in [-0.05, 0) is 30.7 Å². The van der Waals surface area contributed by atoms with Gasteiger partial charge in [0.05, 0.1) is 23.5 Å². The van der Waals surface area contributed by atoms with Crippen LogP contribution in [-0.4, -0.2) is 24.9 Å². The van der Waals surface area contributed by atoms with Crippen LogP contribution in [0.1, 0.15) is 24.1 Å². The number of rotatable bonds is 6. The number of pyridine rings is 1. The summed E-state index contributed by atoms with van der Waals surface area (Å²) in [7, 11) is 0. The van der Waals surface area contributed by atoms with E-state index in [1.807, 2.05) is 6.92 Å². The summed E-state index contributed by atoms with van der Waals surface area (Å²) in [5.41, 5.74) is 2.54. The van der Waals surface area contributed by atoms with Gasteiger partial charge in [0.25, 0.3) is 0 Å². The lowest BCUT2D eigenvalue weighted by Crippen LogP contribution is -2.11. The topological polar surface area (TPSA) is 112 Å². The number of hydrogen-bond acceptors (Lipinski definition) is 8. The molecule has 0 fully saturated rings. The maximum Gasteiger partial charge on any atom is 0.225 e. The fourth-order valence-corrected chi connectivity index (χ4v) is 2.89. The molecule has 0 saturated heterocycles. The number of nitrogens with one attached hydrogen (secondary N) is 2. The molecule has 3 aromatic heterocycles. The number of benzene rings is 1. The first kappa shape index (κ1) is 19.8. The summed E-state index contributed by atoms with van der Waals surface area (Å²) in [5.74, 6) is 1.06. The molecule has 3 heterocycles. The third kappa shape index (κ3) is 4.94. The van der Waals surface area contributed by atoms with Gasteiger partial charge in [-0.25, -0.2) is 14.4 Å². The van der Waals surface area contributed by atoms with E-state index in [9.17, 15) is 9.65 Å². The predicted molar refractivity (Wildman–Crippen MR) is 114 cm³/mol. The van der Waals surface area contributed by atoms with Crippen molar-refractivity contribution in [1.29, 1.82) is 5.26 Å². The maximum absolute atomic E-state index is 13.2. The van der Waals surface area contributed by atoms with Gasteiger partial charge in [0.2, 0.25) is 5.95 Å². The number of halogens is 1. The van der Waals surface area contributed by atoms with Gasteiger partial charge in [-0.3, -0.25) is 9.97 Å². The van der Waals surface area contributed by atoms with Gasteiger partial charge < -0.3 is 10.6 Å². The van der Waals surface area contributed by atoms with Crippen LogP contribution in [0.2, 0.25) is 0 Å². The monoisotopic (exact) mass is 412 g/mol. The van der Waals surface area contributed by atoms with Crippen molar-refractivity contribution in [3.63, 3.8) is 0 Å². The summed E-state index contributed by atoms with van der Waals surface area (Å²) < 4.78 is 13.2. The molecule has 8 nitrogen and oxygen atoms in total. The lowest BCUT2D eigenvalue weighted by atomic mass is 10.1. The van der Waals surface area contributed by atoms with Crippen molar-refractivity contribution in [3.05, 3.63) is 84.3 Å². The van der Waals surface area contributed by atoms with Gasteiger partial charge in [0.1, 0.15) is 23.5 Å². The SMILES string of the molecule is CC(Nc1nc(Nc2cnccn2)cc(-c2cncc(C#N)c2)n1)c1ccc(F)cc1. The molecule has 1 unspecified atom stereocenters. The van der Waals surface area contributed by atoms with Crippen LogP contribution in [0.15, 0.2) is 67.4 Å². The van der Waals surface area contributed by atoms with E-state index in [-0.39, 0.29) is 11.9 Å². The van der Waals surface area contributed by atoms with E-state index >= 15 is 0 Å². The van der Waals surface area contributed by atoms with E-state index in [0.29, 0.717) is 34.4 Å². The summed E-state index contributed by atoms with van der Waals surface area (Å²) in [6, 6.07) is 11.6. The molecule has 4 aromatic rings. The minimum absolute atomic E-state index is 0.177. The predicted octanol–water partition coefficient (Wildman–Crippen LogP) is 4.26. The van der Waals surface area contributed by atoms with Crippen molar-refractivity contribution in [3.8, 4) is 17.3 Å². The van der Waals surface area contributed by atoms with Crippen molar-refractivity contribution in [2.45, 2.75) is 13.0 Å². The van der Waals surface area contributed by atoms with Crippen LogP contribution < -0.4 is 10.6 Å². The summed E-state index contributed by atoms with van der Waals surface area (Å²) in [5, 5.41) is 15.5. The molecule has 31 heavy (non-hydrogen) atoms. The quantitative estimate of drug-likeness (QED) is 0.483. The molecule has 0 aliphatic heterocycles. The third-order valence-corrected chi connectivity index (χ3v) is 4.42. The standard InChI is InChI=1S/C22H17FN8/c1-14(16-2-4-18(23)5-3-16)28-22-29-19(17-8-15(10-24)11-26-12-17)9-20(31-22)30-21-13-25-6-7-27-21/h2-9,11-14H,1H3,(H2,27,28,29,30,31). The number of hydrogen-bond donors (Lipinski definition) is 2. The van der Waals surface area contributed by atoms with Crippen molar-refractivity contribution >= 4 is 17.6 Å². The highest BCUT2D eigenvalue weighted by Crippen LogP contribution is 2.25. The molecule has 1 atom stereocenters. The van der Waals surface area contributed by atoms with Crippen molar-refractivity contribution in [2.75, 3.05) is 10.6 Å². The highest BCUT2D eigenvalue weighted by molar-refractivity contribution is 5.66. The van der Waals surface area contributed by atoms with E-state index in [0.717, 1.165) is 5.56 Å². The molecule has 0 amide bonds. The van der Waals surface area contributed by atoms with Crippen LogP contribution in [0, 0.1) is 17.1 Å². The summed E-state index contributed by atoms with van der Waals surface area (Å²) in [4.78, 5) is 21.5. The van der Waals surface area contributed by atoms with E-state index < -0.39 is 0 Å². The molecular weight excluding hydrogens is 395 g/mol. The Kier molecular flexibility index (Phi) is 5.71. The van der Waals surface area contributed by atoms with Crippen LogP contribution in [-0.2, 0) is 0 Å². The molecule has 4 rings (SSSR count). The van der Waals surface area contributed by atoms with Crippen LogP contribution in [0.3, 0.4) is 0 Å². The largest absolute Gasteiger partial charge is 0.348 e. The van der Waals surface area contributed by atoms with E-state index in [4.69, 9.17) is 0 Å². The Labute approximate surface area is 177 Å². The molecule has 1 aromatic carbocycles. The average molecular weight is 412 g/mol. The number of nitrogens with zero attached hydrogens (tertiary/aromatic N) is 6. The summed E-state index contributed by atoms with van der Waals surface area (Å²) >= 11 is 0. The van der Waals surface area contributed by atoms with Gasteiger partial charge in [-0.2, -0.15) is 10.2 Å². The van der Waals surface area contributed by atoms with Crippen molar-refractivity contribution in [2.24, 2.45) is 0 Å². The van der Waals surface area contributed by atoms with Gasteiger partial charge in [-0.1, -0.05) is 12.1 Å². The first-order valence-corrected chi connectivity index (χ1v) is 9.40. The Bertz CT molecular complexity index is 1220. The molecule has 0 radical (unpaired) electrons. The Balaban J connectivity index is 1.70. The van der Waals surface area contributed by atoms with Gasteiger partial charge in [-0.15, -0.1) is 0 Å². The minimum atomic E-state index is -0.297. The molecule has 2 N–H and O–H groups in total. The maximum atomic E-state index is 13.2. The smallest absolute Gasteiger partial charge is 0.225 e. The Morgan fingerprint density at radius 1 is 0.968 bits per heavy atom. The summed E-state index contributed by atoms with van der Waals surface area (Å²) in [6.07, 6.45) is 7.84. The van der Waals surface area contributed by atoms with Crippen molar-refractivity contribution in [1.82, 2.24) is 24.9 Å². The number of anilines is 3. The molecule has 9 heteroatoms. The molecule has 0 aliphatic rings. The van der Waals surface area contributed by atoms with Gasteiger partial charge in [0.15, 0.2) is 0 Å². The first-order valence-electron chi connectivity index (χ1n) is 9.40. The fourth-order valence-electron chi connectivity index (χ4n) is 2.89. The highest BCUT2D eigenvalue weighted by Gasteiger charge is 2.12. The molecule has 0 spiro atoms. The lowest BCUT2D eigenvalue weighted by molar-refractivity contribution is 0.626.